The molecule has 0 spiro atoms. The van der Waals surface area contributed by atoms with Gasteiger partial charge in [0.15, 0.2) is 0 Å². The van der Waals surface area contributed by atoms with Gasteiger partial charge in [-0.3, -0.25) is 0 Å². The molecule has 1 radical (unpaired) electrons. The summed E-state index contributed by atoms with van der Waals surface area (Å²) >= 11 is 0. The van der Waals surface area contributed by atoms with E-state index in [1.807, 2.05) is 6.07 Å². The molecule has 0 aromatic heterocycles. The van der Waals surface area contributed by atoms with Gasteiger partial charge in [0, 0.05) is 32.7 Å². The van der Waals surface area contributed by atoms with Crippen LogP contribution in [0.1, 0.15) is 12.5 Å². The van der Waals surface area contributed by atoms with Gasteiger partial charge in [-0.2, -0.15) is 0 Å². The quantitative estimate of drug-likeness (QED) is 0.644. The van der Waals surface area contributed by atoms with Crippen LogP contribution in [0.4, 0.5) is 0 Å². The minimum Gasteiger partial charge on any atom is -0.358 e. The molecule has 0 atom stereocenters. The molecule has 0 unspecified atom stereocenters. The van der Waals surface area contributed by atoms with E-state index in [1.54, 1.807) is 0 Å². The fourth-order valence-corrected chi connectivity index (χ4v) is 0.714. The number of benzene rings is 1. The molecular formula is C10H16Y-2. The fourth-order valence-electron chi connectivity index (χ4n) is 0.714. The summed E-state index contributed by atoms with van der Waals surface area (Å²) < 4.78 is 0. The van der Waals surface area contributed by atoms with E-state index in [4.69, 9.17) is 0 Å². The van der Waals surface area contributed by atoms with Crippen LogP contribution < -0.4 is 0 Å². The van der Waals surface area contributed by atoms with Crippen LogP contribution in [0.2, 0.25) is 0 Å². The Morgan fingerprint density at radius 2 is 1.45 bits per heavy atom. The van der Waals surface area contributed by atoms with Crippen LogP contribution in [0.3, 0.4) is 0 Å². The molecule has 0 heterocycles. The molecule has 0 nitrogen and oxygen atoms in total. The first-order valence-electron chi connectivity index (χ1n) is 2.97. The van der Waals surface area contributed by atoms with Crippen molar-refractivity contribution < 1.29 is 32.7 Å². The van der Waals surface area contributed by atoms with Crippen LogP contribution in [-0.4, -0.2) is 0 Å². The van der Waals surface area contributed by atoms with Gasteiger partial charge >= 0.3 is 0 Å². The Kier molecular flexibility index (Phi) is 16.3. The number of aryl methyl sites for hydroxylation is 1. The molecular weight excluding hydrogens is 209 g/mol. The summed E-state index contributed by atoms with van der Waals surface area (Å²) in [6, 6.07) is 10.5. The second-order valence-corrected chi connectivity index (χ2v) is 1.84. The Hall–Kier alpha value is 0.324. The zero-order valence-corrected chi connectivity index (χ0v) is 10.5. The Morgan fingerprint density at radius 3 is 1.73 bits per heavy atom. The smallest absolute Gasteiger partial charge is 0 e. The van der Waals surface area contributed by atoms with Gasteiger partial charge in [-0.05, 0) is 12.0 Å². The normalized spacial score (nSPS) is 6.64. The topological polar surface area (TPSA) is 0 Å². The third kappa shape index (κ3) is 6.71. The molecule has 1 heteroatoms. The molecule has 0 N–H and O–H groups in total. The van der Waals surface area contributed by atoms with E-state index in [1.165, 1.54) is 5.56 Å². The Morgan fingerprint density at radius 1 is 1.00 bits per heavy atom. The van der Waals surface area contributed by atoms with Gasteiger partial charge in [0.25, 0.3) is 0 Å². The molecule has 0 saturated heterocycles. The molecule has 0 aliphatic heterocycles. The second-order valence-electron chi connectivity index (χ2n) is 1.84. The van der Waals surface area contributed by atoms with Crippen LogP contribution in [0.15, 0.2) is 30.3 Å². The van der Waals surface area contributed by atoms with Crippen LogP contribution in [0, 0.1) is 14.9 Å². The van der Waals surface area contributed by atoms with Gasteiger partial charge in [-0.25, -0.2) is 0 Å². The number of hydrogen-bond donors (Lipinski definition) is 0. The minimum atomic E-state index is 0. The fraction of sp³-hybridized carbons (Fsp3) is 0.200. The second kappa shape index (κ2) is 10.3. The van der Waals surface area contributed by atoms with Crippen molar-refractivity contribution >= 4 is 0 Å². The Labute approximate surface area is 96.3 Å². The molecule has 1 rings (SSSR count). The first-order chi connectivity index (χ1) is 3.93. The molecule has 0 bridgehead atoms. The first kappa shape index (κ1) is 17.4. The molecule has 11 heavy (non-hydrogen) atoms. The number of hydrogen-bond acceptors (Lipinski definition) is 0. The van der Waals surface area contributed by atoms with Gasteiger partial charge < -0.3 is 14.9 Å². The zero-order chi connectivity index (χ0) is 5.82. The van der Waals surface area contributed by atoms with Crippen molar-refractivity contribution in [2.45, 2.75) is 13.3 Å². The molecule has 1 aromatic rings. The maximum atomic E-state index is 2.16. The average molecular weight is 225 g/mol. The average Bonchev–Trinajstić information content (AvgIpc) is 1.90. The Balaban J connectivity index is -0.000000213. The summed E-state index contributed by atoms with van der Waals surface area (Å²) in [6.07, 6.45) is 1.14. The summed E-state index contributed by atoms with van der Waals surface area (Å²) in [6.45, 7) is 2.16. The van der Waals surface area contributed by atoms with Crippen LogP contribution in [-0.2, 0) is 39.1 Å². The molecule has 61 valence electrons. The summed E-state index contributed by atoms with van der Waals surface area (Å²) in [5, 5.41) is 0. The predicted molar refractivity (Wildman–Crippen MR) is 48.6 cm³/mol. The third-order valence-electron chi connectivity index (χ3n) is 1.25. The largest absolute Gasteiger partial charge is 0.358 e. The maximum Gasteiger partial charge on any atom is 0 e. The predicted octanol–water partition coefficient (Wildman–Crippen LogP) is 3.15. The number of rotatable bonds is 1. The van der Waals surface area contributed by atoms with Crippen molar-refractivity contribution in [1.29, 1.82) is 0 Å². The van der Waals surface area contributed by atoms with Crippen molar-refractivity contribution in [3.05, 3.63) is 50.7 Å². The van der Waals surface area contributed by atoms with E-state index in [0.29, 0.717) is 0 Å². The zero-order valence-electron chi connectivity index (χ0n) is 7.67. The van der Waals surface area contributed by atoms with Crippen LogP contribution in [0.25, 0.3) is 0 Å². The van der Waals surface area contributed by atoms with Crippen molar-refractivity contribution in [2.75, 3.05) is 0 Å². The van der Waals surface area contributed by atoms with Crippen molar-refractivity contribution in [2.24, 2.45) is 0 Å². The van der Waals surface area contributed by atoms with E-state index in [2.05, 4.69) is 31.2 Å². The van der Waals surface area contributed by atoms with Crippen molar-refractivity contribution in [1.82, 2.24) is 0 Å². The van der Waals surface area contributed by atoms with Gasteiger partial charge in [0.1, 0.15) is 0 Å². The van der Waals surface area contributed by atoms with E-state index < -0.39 is 0 Å². The SMILES string of the molecule is CCc1ccccc1.[CH3-].[CH3-].[Y]. The Bertz CT molecular complexity index is 146. The van der Waals surface area contributed by atoms with Crippen LogP contribution in [0.5, 0.6) is 0 Å². The first-order valence-corrected chi connectivity index (χ1v) is 2.97. The van der Waals surface area contributed by atoms with E-state index >= 15 is 0 Å². The molecule has 0 fully saturated rings. The summed E-state index contributed by atoms with van der Waals surface area (Å²) in [4.78, 5) is 0. The maximum absolute atomic E-state index is 2.16. The van der Waals surface area contributed by atoms with Crippen LogP contribution >= 0.6 is 0 Å². The molecule has 0 aliphatic carbocycles. The van der Waals surface area contributed by atoms with E-state index in [0.717, 1.165) is 6.42 Å². The third-order valence-corrected chi connectivity index (χ3v) is 1.25. The molecule has 0 aliphatic rings. The standard InChI is InChI=1S/C8H10.2CH3.Y/c1-2-8-6-4-3-5-7-8;;;/h3-7H,2H2,1H3;2*1H3;/q;2*-1;. The van der Waals surface area contributed by atoms with E-state index in [9.17, 15) is 0 Å². The van der Waals surface area contributed by atoms with Gasteiger partial charge in [0.2, 0.25) is 0 Å². The van der Waals surface area contributed by atoms with Gasteiger partial charge in [-0.15, -0.1) is 0 Å². The molecule has 1 aromatic carbocycles. The molecule has 0 amide bonds. The van der Waals surface area contributed by atoms with Gasteiger partial charge in [-0.1, -0.05) is 37.3 Å². The monoisotopic (exact) mass is 225 g/mol. The van der Waals surface area contributed by atoms with Gasteiger partial charge in [0.05, 0.1) is 0 Å². The summed E-state index contributed by atoms with van der Waals surface area (Å²) in [5.74, 6) is 0. The summed E-state index contributed by atoms with van der Waals surface area (Å²) in [7, 11) is 0. The summed E-state index contributed by atoms with van der Waals surface area (Å²) in [5.41, 5.74) is 1.41. The van der Waals surface area contributed by atoms with Crippen molar-refractivity contribution in [3.8, 4) is 0 Å². The minimum absolute atomic E-state index is 0. The van der Waals surface area contributed by atoms with Crippen molar-refractivity contribution in [3.63, 3.8) is 0 Å². The molecule has 0 saturated carbocycles. The van der Waals surface area contributed by atoms with E-state index in [-0.39, 0.29) is 47.6 Å².